The highest BCUT2D eigenvalue weighted by Crippen LogP contribution is 2.27. The van der Waals surface area contributed by atoms with Crippen molar-refractivity contribution < 1.29 is 19.2 Å². The number of carboxylic acid groups (broad SMARTS) is 1. The van der Waals surface area contributed by atoms with Crippen molar-refractivity contribution in [1.29, 1.82) is 0 Å². The van der Waals surface area contributed by atoms with Crippen molar-refractivity contribution in [2.24, 2.45) is 0 Å². The molecule has 0 radical (unpaired) electrons. The topological polar surface area (TPSA) is 93.6 Å². The Hall–Kier alpha value is -2.28. The van der Waals surface area contributed by atoms with E-state index >= 15 is 0 Å². The summed E-state index contributed by atoms with van der Waals surface area (Å²) in [6.07, 6.45) is 0. The van der Waals surface area contributed by atoms with E-state index in [-0.39, 0.29) is 11.4 Å². The summed E-state index contributed by atoms with van der Waals surface area (Å²) in [5, 5.41) is 19.4. The summed E-state index contributed by atoms with van der Waals surface area (Å²) in [6, 6.07) is 7.70. The molecule has 2 aromatic rings. The number of benzene rings is 1. The first-order chi connectivity index (χ1) is 9.47. The third kappa shape index (κ3) is 3.18. The Morgan fingerprint density at radius 3 is 2.55 bits per heavy atom. The molecule has 1 aromatic carbocycles. The Balaban J connectivity index is 2.05. The molecular weight excluding hydrogens is 282 g/mol. The summed E-state index contributed by atoms with van der Waals surface area (Å²) in [4.78, 5) is 21.7. The van der Waals surface area contributed by atoms with E-state index in [1.807, 2.05) is 0 Å². The molecular formula is C13H11NO5S. The van der Waals surface area contributed by atoms with Gasteiger partial charge < -0.3 is 9.52 Å². The van der Waals surface area contributed by atoms with Gasteiger partial charge in [-0.25, -0.2) is 4.79 Å². The molecule has 1 N–H and O–H groups in total. The lowest BCUT2D eigenvalue weighted by Gasteiger charge is -2.00. The van der Waals surface area contributed by atoms with Gasteiger partial charge in [0.15, 0.2) is 0 Å². The second kappa shape index (κ2) is 5.79. The van der Waals surface area contributed by atoms with E-state index in [0.717, 1.165) is 10.5 Å². The summed E-state index contributed by atoms with van der Waals surface area (Å²) >= 11 is 1.46. The van der Waals surface area contributed by atoms with Gasteiger partial charge in [0.2, 0.25) is 5.76 Å². The van der Waals surface area contributed by atoms with Crippen LogP contribution in [0.3, 0.4) is 0 Å². The number of furan rings is 1. The average molecular weight is 293 g/mol. The number of nitro groups is 1. The lowest BCUT2D eigenvalue weighted by molar-refractivity contribution is -0.384. The Bertz CT molecular complexity index is 647. The van der Waals surface area contributed by atoms with Crippen LogP contribution in [-0.2, 0) is 5.75 Å². The number of hydrogen-bond acceptors (Lipinski definition) is 5. The van der Waals surface area contributed by atoms with E-state index in [9.17, 15) is 14.9 Å². The predicted molar refractivity (Wildman–Crippen MR) is 73.1 cm³/mol. The molecule has 0 unspecified atom stereocenters. The second-order valence-corrected chi connectivity index (χ2v) is 5.09. The molecule has 2 rings (SSSR count). The zero-order valence-corrected chi connectivity index (χ0v) is 11.3. The van der Waals surface area contributed by atoms with Crippen molar-refractivity contribution in [3.8, 4) is 0 Å². The molecule has 0 saturated carbocycles. The lowest BCUT2D eigenvalue weighted by Crippen LogP contribution is -1.91. The number of thioether (sulfide) groups is 1. The van der Waals surface area contributed by atoms with Crippen molar-refractivity contribution in [2.75, 3.05) is 0 Å². The van der Waals surface area contributed by atoms with Crippen LogP contribution in [-0.4, -0.2) is 16.0 Å². The molecule has 0 fully saturated rings. The number of carboxylic acids is 1. The second-order valence-electron chi connectivity index (χ2n) is 4.04. The van der Waals surface area contributed by atoms with Gasteiger partial charge >= 0.3 is 5.97 Å². The number of nitrogens with zero attached hydrogens (tertiary/aromatic N) is 1. The first-order valence-corrected chi connectivity index (χ1v) is 6.66. The first-order valence-electron chi connectivity index (χ1n) is 5.67. The van der Waals surface area contributed by atoms with E-state index in [0.29, 0.717) is 11.5 Å². The van der Waals surface area contributed by atoms with Crippen LogP contribution in [0.15, 0.2) is 39.6 Å². The van der Waals surface area contributed by atoms with Gasteiger partial charge in [-0.05, 0) is 25.1 Å². The third-order valence-corrected chi connectivity index (χ3v) is 3.73. The quantitative estimate of drug-likeness (QED) is 0.515. The number of nitro benzene ring substituents is 1. The highest BCUT2D eigenvalue weighted by atomic mass is 32.2. The monoisotopic (exact) mass is 293 g/mol. The fourth-order valence-corrected chi connectivity index (χ4v) is 2.53. The van der Waals surface area contributed by atoms with Crippen LogP contribution < -0.4 is 0 Å². The zero-order valence-electron chi connectivity index (χ0n) is 10.5. The largest absolute Gasteiger partial charge is 0.475 e. The van der Waals surface area contributed by atoms with E-state index in [1.54, 1.807) is 19.1 Å². The Labute approximate surface area is 118 Å². The van der Waals surface area contributed by atoms with Gasteiger partial charge in [-0.15, -0.1) is 11.8 Å². The van der Waals surface area contributed by atoms with Gasteiger partial charge in [-0.1, -0.05) is 0 Å². The van der Waals surface area contributed by atoms with Crippen LogP contribution in [0.25, 0.3) is 0 Å². The summed E-state index contributed by atoms with van der Waals surface area (Å²) < 4.78 is 5.11. The van der Waals surface area contributed by atoms with Crippen molar-refractivity contribution >= 4 is 23.4 Å². The van der Waals surface area contributed by atoms with E-state index in [1.165, 1.54) is 30.0 Å². The summed E-state index contributed by atoms with van der Waals surface area (Å²) in [6.45, 7) is 1.71. The van der Waals surface area contributed by atoms with Crippen LogP contribution in [0.4, 0.5) is 5.69 Å². The molecule has 1 aromatic heterocycles. The van der Waals surface area contributed by atoms with Gasteiger partial charge in [-0.3, -0.25) is 10.1 Å². The normalized spacial score (nSPS) is 10.4. The highest BCUT2D eigenvalue weighted by Gasteiger charge is 2.13. The average Bonchev–Trinajstić information content (AvgIpc) is 2.78. The lowest BCUT2D eigenvalue weighted by atomic mass is 10.3. The van der Waals surface area contributed by atoms with Gasteiger partial charge in [0.1, 0.15) is 5.76 Å². The minimum absolute atomic E-state index is 0.0435. The summed E-state index contributed by atoms with van der Waals surface area (Å²) in [5.74, 6) is -0.0706. The molecule has 1 heterocycles. The van der Waals surface area contributed by atoms with E-state index in [2.05, 4.69) is 0 Å². The van der Waals surface area contributed by atoms with Crippen LogP contribution in [0, 0.1) is 17.0 Å². The fourth-order valence-electron chi connectivity index (χ4n) is 1.59. The maximum Gasteiger partial charge on any atom is 0.371 e. The number of carbonyl (C=O) groups is 1. The van der Waals surface area contributed by atoms with Gasteiger partial charge in [0.05, 0.1) is 4.92 Å². The SMILES string of the molecule is Cc1oc(C(=O)O)cc1CSc1ccc([N+](=O)[O-])cc1. The first kappa shape index (κ1) is 14.1. The standard InChI is InChI=1S/C13H11NO5S/c1-8-9(6-12(19-8)13(15)16)7-20-11-4-2-10(3-5-11)14(17)18/h2-6H,7H2,1H3,(H,15,16). The minimum Gasteiger partial charge on any atom is -0.475 e. The number of rotatable bonds is 5. The molecule has 20 heavy (non-hydrogen) atoms. The van der Waals surface area contributed by atoms with Gasteiger partial charge in [0, 0.05) is 28.3 Å². The van der Waals surface area contributed by atoms with Gasteiger partial charge in [-0.2, -0.15) is 0 Å². The fraction of sp³-hybridized carbons (Fsp3) is 0.154. The maximum atomic E-state index is 10.8. The number of aromatic carboxylic acids is 1. The Morgan fingerprint density at radius 1 is 1.40 bits per heavy atom. The van der Waals surface area contributed by atoms with Crippen LogP contribution in [0.2, 0.25) is 0 Å². The predicted octanol–water partition coefficient (Wildman–Crippen LogP) is 3.49. The van der Waals surface area contributed by atoms with E-state index in [4.69, 9.17) is 9.52 Å². The minimum atomic E-state index is -1.10. The smallest absolute Gasteiger partial charge is 0.371 e. The Morgan fingerprint density at radius 2 is 2.05 bits per heavy atom. The number of hydrogen-bond donors (Lipinski definition) is 1. The number of non-ortho nitro benzene ring substituents is 1. The third-order valence-electron chi connectivity index (χ3n) is 2.67. The molecule has 104 valence electrons. The molecule has 0 bridgehead atoms. The van der Waals surface area contributed by atoms with Crippen LogP contribution in [0.5, 0.6) is 0 Å². The molecule has 0 atom stereocenters. The molecule has 0 aliphatic carbocycles. The molecule has 6 nitrogen and oxygen atoms in total. The van der Waals surface area contributed by atoms with Crippen molar-refractivity contribution in [2.45, 2.75) is 17.6 Å². The molecule has 0 amide bonds. The van der Waals surface area contributed by atoms with Crippen LogP contribution in [0.1, 0.15) is 21.9 Å². The maximum absolute atomic E-state index is 10.8. The zero-order chi connectivity index (χ0) is 14.7. The van der Waals surface area contributed by atoms with Crippen LogP contribution >= 0.6 is 11.8 Å². The summed E-state index contributed by atoms with van der Waals surface area (Å²) in [5.41, 5.74) is 0.841. The molecule has 0 saturated heterocycles. The van der Waals surface area contributed by atoms with E-state index < -0.39 is 10.9 Å². The van der Waals surface area contributed by atoms with Crippen molar-refractivity contribution in [3.05, 3.63) is 57.5 Å². The highest BCUT2D eigenvalue weighted by molar-refractivity contribution is 7.98. The number of aryl methyl sites for hydroxylation is 1. The molecule has 0 aliphatic heterocycles. The molecule has 7 heteroatoms. The van der Waals surface area contributed by atoms with Gasteiger partial charge in [0.25, 0.3) is 5.69 Å². The van der Waals surface area contributed by atoms with Crippen molar-refractivity contribution in [1.82, 2.24) is 0 Å². The van der Waals surface area contributed by atoms with Crippen molar-refractivity contribution in [3.63, 3.8) is 0 Å². The Kier molecular flexibility index (Phi) is 4.09. The molecule has 0 aliphatic rings. The molecule has 0 spiro atoms. The summed E-state index contributed by atoms with van der Waals surface area (Å²) in [7, 11) is 0.